The quantitative estimate of drug-likeness (QED) is 0.806. The van der Waals surface area contributed by atoms with Crippen LogP contribution in [0.2, 0.25) is 0 Å². The monoisotopic (exact) mass is 231 g/mol. The van der Waals surface area contributed by atoms with E-state index >= 15 is 0 Å². The van der Waals surface area contributed by atoms with E-state index in [1.807, 2.05) is 6.92 Å². The van der Waals surface area contributed by atoms with Crippen LogP contribution in [0.4, 0.5) is 10.1 Å². The summed E-state index contributed by atoms with van der Waals surface area (Å²) in [5.74, 6) is -0.573. The van der Waals surface area contributed by atoms with Gasteiger partial charge in [-0.15, -0.1) is 0 Å². The second kappa shape index (κ2) is 4.61. The first-order valence-electron chi connectivity index (χ1n) is 4.75. The molecule has 0 unspecified atom stereocenters. The van der Waals surface area contributed by atoms with Gasteiger partial charge in [-0.05, 0) is 24.6 Å². The zero-order valence-electron chi connectivity index (χ0n) is 8.53. The van der Waals surface area contributed by atoms with Gasteiger partial charge in [-0.25, -0.2) is 12.8 Å². The molecular formula is C10H14FNO2S. The highest BCUT2D eigenvalue weighted by Gasteiger charge is 2.17. The Morgan fingerprint density at radius 2 is 2.07 bits per heavy atom. The van der Waals surface area contributed by atoms with Gasteiger partial charge in [-0.3, -0.25) is 0 Å². The van der Waals surface area contributed by atoms with E-state index in [1.54, 1.807) is 0 Å². The predicted octanol–water partition coefficient (Wildman–Crippen LogP) is 1.98. The molecule has 0 spiro atoms. The van der Waals surface area contributed by atoms with Gasteiger partial charge >= 0.3 is 0 Å². The van der Waals surface area contributed by atoms with Crippen molar-refractivity contribution in [3.63, 3.8) is 0 Å². The van der Waals surface area contributed by atoms with Gasteiger partial charge in [0.25, 0.3) is 0 Å². The Hall–Kier alpha value is -1.10. The number of unbranched alkanes of at least 4 members (excludes halogenated alkanes) is 1. The van der Waals surface area contributed by atoms with Crippen LogP contribution < -0.4 is 5.73 Å². The molecule has 1 aromatic rings. The molecule has 0 aliphatic heterocycles. The van der Waals surface area contributed by atoms with Crippen molar-refractivity contribution in [2.45, 2.75) is 24.7 Å². The maximum atomic E-state index is 12.9. The molecule has 0 heterocycles. The van der Waals surface area contributed by atoms with Crippen LogP contribution in [0.25, 0.3) is 0 Å². The topological polar surface area (TPSA) is 60.2 Å². The first-order valence-corrected chi connectivity index (χ1v) is 6.40. The summed E-state index contributed by atoms with van der Waals surface area (Å²) in [6, 6.07) is 3.39. The fraction of sp³-hybridized carbons (Fsp3) is 0.400. The standard InChI is InChI=1S/C10H14FNO2S/c1-2-3-6-15(13,14)10-7-8(11)4-5-9(10)12/h4-5,7H,2-3,6,12H2,1H3. The lowest BCUT2D eigenvalue weighted by atomic mass is 10.3. The molecule has 3 nitrogen and oxygen atoms in total. The lowest BCUT2D eigenvalue weighted by Gasteiger charge is -2.06. The van der Waals surface area contributed by atoms with Gasteiger partial charge in [0.1, 0.15) is 5.82 Å². The van der Waals surface area contributed by atoms with Crippen LogP contribution in [0.5, 0.6) is 0 Å². The first-order chi connectivity index (χ1) is 6.97. The largest absolute Gasteiger partial charge is 0.398 e. The van der Waals surface area contributed by atoms with Crippen molar-refractivity contribution in [2.75, 3.05) is 11.5 Å². The number of hydrogen-bond donors (Lipinski definition) is 1. The minimum absolute atomic E-state index is 0.0111. The predicted molar refractivity (Wildman–Crippen MR) is 57.8 cm³/mol. The molecule has 0 saturated heterocycles. The van der Waals surface area contributed by atoms with Crippen LogP contribution in [0.3, 0.4) is 0 Å². The van der Waals surface area contributed by atoms with Gasteiger partial charge in [0.2, 0.25) is 0 Å². The van der Waals surface area contributed by atoms with Crippen molar-refractivity contribution in [1.82, 2.24) is 0 Å². The third kappa shape index (κ3) is 2.92. The molecule has 15 heavy (non-hydrogen) atoms. The summed E-state index contributed by atoms with van der Waals surface area (Å²) >= 11 is 0. The second-order valence-corrected chi connectivity index (χ2v) is 5.43. The number of sulfone groups is 1. The first kappa shape index (κ1) is 12.0. The molecule has 0 aliphatic carbocycles. The SMILES string of the molecule is CCCCS(=O)(=O)c1cc(F)ccc1N. The van der Waals surface area contributed by atoms with Crippen molar-refractivity contribution in [3.8, 4) is 0 Å². The minimum atomic E-state index is -3.44. The molecule has 0 bridgehead atoms. The second-order valence-electron chi connectivity index (χ2n) is 3.35. The lowest BCUT2D eigenvalue weighted by molar-refractivity contribution is 0.588. The Kier molecular flexibility index (Phi) is 3.68. The van der Waals surface area contributed by atoms with E-state index in [2.05, 4.69) is 0 Å². The molecule has 0 radical (unpaired) electrons. The van der Waals surface area contributed by atoms with Crippen LogP contribution in [-0.4, -0.2) is 14.2 Å². The van der Waals surface area contributed by atoms with Crippen LogP contribution in [-0.2, 0) is 9.84 Å². The summed E-state index contributed by atoms with van der Waals surface area (Å²) in [5.41, 5.74) is 5.61. The summed E-state index contributed by atoms with van der Waals surface area (Å²) < 4.78 is 36.3. The number of rotatable bonds is 4. The Morgan fingerprint density at radius 1 is 1.40 bits per heavy atom. The summed E-state index contributed by atoms with van der Waals surface area (Å²) in [6.07, 6.45) is 1.33. The summed E-state index contributed by atoms with van der Waals surface area (Å²) in [5, 5.41) is 0. The average molecular weight is 231 g/mol. The number of anilines is 1. The van der Waals surface area contributed by atoms with E-state index in [-0.39, 0.29) is 16.3 Å². The van der Waals surface area contributed by atoms with Crippen LogP contribution in [0.15, 0.2) is 23.1 Å². The molecule has 0 aromatic heterocycles. The maximum absolute atomic E-state index is 12.9. The average Bonchev–Trinajstić information content (AvgIpc) is 2.18. The summed E-state index contributed by atoms with van der Waals surface area (Å²) in [4.78, 5) is -0.101. The van der Waals surface area contributed by atoms with E-state index in [0.717, 1.165) is 18.6 Å². The molecule has 1 aromatic carbocycles. The third-order valence-corrected chi connectivity index (χ3v) is 3.93. The van der Waals surface area contributed by atoms with E-state index < -0.39 is 15.7 Å². The van der Waals surface area contributed by atoms with E-state index in [1.165, 1.54) is 6.07 Å². The van der Waals surface area contributed by atoms with Crippen molar-refractivity contribution in [1.29, 1.82) is 0 Å². The van der Waals surface area contributed by atoms with Gasteiger partial charge in [0, 0.05) is 0 Å². The van der Waals surface area contributed by atoms with Crippen molar-refractivity contribution in [3.05, 3.63) is 24.0 Å². The number of nitrogen functional groups attached to an aromatic ring is 1. The lowest BCUT2D eigenvalue weighted by Crippen LogP contribution is -2.09. The molecule has 0 saturated carbocycles. The third-order valence-electron chi connectivity index (χ3n) is 2.08. The van der Waals surface area contributed by atoms with Gasteiger partial charge in [0.15, 0.2) is 9.84 Å². The highest BCUT2D eigenvalue weighted by molar-refractivity contribution is 7.91. The fourth-order valence-corrected chi connectivity index (χ4v) is 2.83. The normalized spacial score (nSPS) is 11.6. The number of halogens is 1. The van der Waals surface area contributed by atoms with Gasteiger partial charge in [-0.1, -0.05) is 13.3 Å². The molecule has 0 fully saturated rings. The number of nitrogens with two attached hydrogens (primary N) is 1. The minimum Gasteiger partial charge on any atom is -0.398 e. The Balaban J connectivity index is 3.09. The molecule has 0 atom stereocenters. The highest BCUT2D eigenvalue weighted by atomic mass is 32.2. The van der Waals surface area contributed by atoms with E-state index in [4.69, 9.17) is 5.73 Å². The van der Waals surface area contributed by atoms with E-state index in [0.29, 0.717) is 6.42 Å². The Labute approximate surface area is 89.0 Å². The van der Waals surface area contributed by atoms with Gasteiger partial charge in [0.05, 0.1) is 16.3 Å². The molecule has 0 aliphatic rings. The number of benzene rings is 1. The zero-order valence-corrected chi connectivity index (χ0v) is 9.35. The number of hydrogen-bond acceptors (Lipinski definition) is 3. The molecule has 1 rings (SSSR count). The summed E-state index contributed by atoms with van der Waals surface area (Å²) in [6.45, 7) is 1.89. The molecular weight excluding hydrogens is 217 g/mol. The summed E-state index contributed by atoms with van der Waals surface area (Å²) in [7, 11) is -3.44. The smallest absolute Gasteiger partial charge is 0.180 e. The molecule has 84 valence electrons. The molecule has 5 heteroatoms. The zero-order chi connectivity index (χ0) is 11.5. The molecule has 0 amide bonds. The Bertz CT molecular complexity index is 443. The van der Waals surface area contributed by atoms with Crippen LogP contribution in [0.1, 0.15) is 19.8 Å². The fourth-order valence-electron chi connectivity index (χ4n) is 1.22. The van der Waals surface area contributed by atoms with Crippen LogP contribution >= 0.6 is 0 Å². The van der Waals surface area contributed by atoms with Gasteiger partial charge < -0.3 is 5.73 Å². The van der Waals surface area contributed by atoms with Gasteiger partial charge in [-0.2, -0.15) is 0 Å². The van der Waals surface area contributed by atoms with Crippen molar-refractivity contribution >= 4 is 15.5 Å². The highest BCUT2D eigenvalue weighted by Crippen LogP contribution is 2.21. The molecule has 2 N–H and O–H groups in total. The van der Waals surface area contributed by atoms with E-state index in [9.17, 15) is 12.8 Å². The Morgan fingerprint density at radius 3 is 2.67 bits per heavy atom. The van der Waals surface area contributed by atoms with Crippen LogP contribution in [0, 0.1) is 5.82 Å². The maximum Gasteiger partial charge on any atom is 0.180 e. The van der Waals surface area contributed by atoms with Crippen molar-refractivity contribution in [2.24, 2.45) is 0 Å². The van der Waals surface area contributed by atoms with Crippen molar-refractivity contribution < 1.29 is 12.8 Å².